The van der Waals surface area contributed by atoms with Crippen LogP contribution in [-0.2, 0) is 10.2 Å². The van der Waals surface area contributed by atoms with E-state index < -0.39 is 0 Å². The van der Waals surface area contributed by atoms with Gasteiger partial charge in [-0.25, -0.2) is 0 Å². The fourth-order valence-electron chi connectivity index (χ4n) is 3.14. The molecule has 0 atom stereocenters. The first kappa shape index (κ1) is 20.2. The van der Waals surface area contributed by atoms with Crippen LogP contribution in [-0.4, -0.2) is 74.5 Å². The predicted octanol–water partition coefficient (Wildman–Crippen LogP) is 1.29. The van der Waals surface area contributed by atoms with Gasteiger partial charge in [-0.05, 0) is 5.56 Å². The Morgan fingerprint density at radius 3 is 2.35 bits per heavy atom. The summed E-state index contributed by atoms with van der Waals surface area (Å²) in [6, 6.07) is 10.5. The van der Waals surface area contributed by atoms with Gasteiger partial charge in [0, 0.05) is 65.2 Å². The zero-order chi connectivity index (χ0) is 19.0. The molecule has 0 spiro atoms. The van der Waals surface area contributed by atoms with Crippen molar-refractivity contribution in [3.63, 3.8) is 0 Å². The summed E-state index contributed by atoms with van der Waals surface area (Å²) in [5.41, 5.74) is 1.34. The fraction of sp³-hybridized carbons (Fsp3) is 0.600. The van der Waals surface area contributed by atoms with E-state index in [1.165, 1.54) is 5.56 Å². The number of carbonyl (C=O) groups is 1. The number of aliphatic imine (C=N–C) groups is 1. The lowest BCUT2D eigenvalue weighted by Crippen LogP contribution is -2.50. The van der Waals surface area contributed by atoms with Gasteiger partial charge in [-0.3, -0.25) is 14.7 Å². The Balaban J connectivity index is 1.71. The van der Waals surface area contributed by atoms with Gasteiger partial charge in [0.2, 0.25) is 5.91 Å². The first-order chi connectivity index (χ1) is 12.4. The summed E-state index contributed by atoms with van der Waals surface area (Å²) in [5.74, 6) is 1.00. The van der Waals surface area contributed by atoms with Gasteiger partial charge in [0.25, 0.3) is 0 Å². The minimum atomic E-state index is 0.0297. The molecule has 1 aromatic rings. The molecule has 6 nitrogen and oxygen atoms in total. The van der Waals surface area contributed by atoms with Crippen LogP contribution < -0.4 is 10.6 Å². The first-order valence-electron chi connectivity index (χ1n) is 9.40. The third-order valence-electron chi connectivity index (χ3n) is 5.01. The van der Waals surface area contributed by atoms with Gasteiger partial charge in [-0.15, -0.1) is 0 Å². The van der Waals surface area contributed by atoms with Crippen LogP contribution in [0.2, 0.25) is 0 Å². The summed E-state index contributed by atoms with van der Waals surface area (Å²) in [6.07, 6.45) is 0. The zero-order valence-corrected chi connectivity index (χ0v) is 16.6. The largest absolute Gasteiger partial charge is 0.356 e. The summed E-state index contributed by atoms with van der Waals surface area (Å²) < 4.78 is 0. The summed E-state index contributed by atoms with van der Waals surface area (Å²) in [7, 11) is 1.80. The van der Waals surface area contributed by atoms with E-state index >= 15 is 0 Å². The number of amides is 1. The molecule has 1 fully saturated rings. The molecule has 26 heavy (non-hydrogen) atoms. The van der Waals surface area contributed by atoms with Gasteiger partial charge in [-0.1, -0.05) is 44.2 Å². The van der Waals surface area contributed by atoms with Crippen molar-refractivity contribution in [2.75, 3.05) is 52.9 Å². The molecule has 2 rings (SSSR count). The Kier molecular flexibility index (Phi) is 7.45. The van der Waals surface area contributed by atoms with E-state index in [1.807, 2.05) is 11.0 Å². The van der Waals surface area contributed by atoms with Crippen LogP contribution in [0, 0.1) is 0 Å². The second-order valence-electron chi connectivity index (χ2n) is 7.45. The van der Waals surface area contributed by atoms with Crippen LogP contribution in [0.1, 0.15) is 26.3 Å². The molecule has 1 aliphatic heterocycles. The van der Waals surface area contributed by atoms with Gasteiger partial charge in [-0.2, -0.15) is 0 Å². The van der Waals surface area contributed by atoms with Gasteiger partial charge < -0.3 is 15.5 Å². The molecule has 144 valence electrons. The zero-order valence-electron chi connectivity index (χ0n) is 16.6. The number of carbonyl (C=O) groups excluding carboxylic acids is 1. The fourth-order valence-corrected chi connectivity index (χ4v) is 3.14. The SMILES string of the molecule is CN=C(NCCN1CCN(C(C)=O)CC1)NCC(C)(C)c1ccccc1. The van der Waals surface area contributed by atoms with Gasteiger partial charge >= 0.3 is 0 Å². The van der Waals surface area contributed by atoms with Crippen LogP contribution >= 0.6 is 0 Å². The molecule has 6 heteroatoms. The van der Waals surface area contributed by atoms with E-state index in [2.05, 4.69) is 58.6 Å². The summed E-state index contributed by atoms with van der Waals surface area (Å²) in [6.45, 7) is 12.2. The average molecular weight is 360 g/mol. The molecular formula is C20H33N5O. The number of hydrogen-bond donors (Lipinski definition) is 2. The quantitative estimate of drug-likeness (QED) is 0.594. The number of rotatable bonds is 6. The maximum atomic E-state index is 11.4. The molecule has 2 N–H and O–H groups in total. The van der Waals surface area contributed by atoms with Crippen LogP contribution in [0.3, 0.4) is 0 Å². The molecule has 0 saturated carbocycles. The van der Waals surface area contributed by atoms with Crippen LogP contribution in [0.5, 0.6) is 0 Å². The van der Waals surface area contributed by atoms with E-state index in [0.717, 1.165) is 51.8 Å². The number of nitrogens with zero attached hydrogens (tertiary/aromatic N) is 3. The van der Waals surface area contributed by atoms with Gasteiger partial charge in [0.05, 0.1) is 0 Å². The first-order valence-corrected chi connectivity index (χ1v) is 9.40. The normalized spacial score (nSPS) is 16.5. The van der Waals surface area contributed by atoms with Crippen molar-refractivity contribution in [2.45, 2.75) is 26.2 Å². The van der Waals surface area contributed by atoms with Crippen molar-refractivity contribution in [1.29, 1.82) is 0 Å². The minimum absolute atomic E-state index is 0.0297. The number of guanidine groups is 1. The maximum absolute atomic E-state index is 11.4. The number of piperazine rings is 1. The summed E-state index contributed by atoms with van der Waals surface area (Å²) >= 11 is 0. The van der Waals surface area contributed by atoms with E-state index in [-0.39, 0.29) is 11.3 Å². The van der Waals surface area contributed by atoms with Crippen molar-refractivity contribution >= 4 is 11.9 Å². The molecule has 1 aromatic carbocycles. The Labute approximate surface area is 157 Å². The molecule has 1 amide bonds. The smallest absolute Gasteiger partial charge is 0.219 e. The third-order valence-corrected chi connectivity index (χ3v) is 5.01. The molecule has 1 heterocycles. The van der Waals surface area contributed by atoms with E-state index in [0.29, 0.717) is 0 Å². The topological polar surface area (TPSA) is 60.0 Å². The highest BCUT2D eigenvalue weighted by Crippen LogP contribution is 2.21. The van der Waals surface area contributed by atoms with Crippen molar-refractivity contribution in [1.82, 2.24) is 20.4 Å². The molecular weight excluding hydrogens is 326 g/mol. The van der Waals surface area contributed by atoms with Gasteiger partial charge in [0.1, 0.15) is 0 Å². The predicted molar refractivity (Wildman–Crippen MR) is 108 cm³/mol. The molecule has 0 bridgehead atoms. The lowest BCUT2D eigenvalue weighted by molar-refractivity contribution is -0.130. The minimum Gasteiger partial charge on any atom is -0.356 e. The van der Waals surface area contributed by atoms with Crippen LogP contribution in [0.25, 0.3) is 0 Å². The van der Waals surface area contributed by atoms with E-state index in [9.17, 15) is 4.79 Å². The third kappa shape index (κ3) is 6.02. The maximum Gasteiger partial charge on any atom is 0.219 e. The Bertz CT molecular complexity index is 591. The number of nitrogens with one attached hydrogen (secondary N) is 2. The van der Waals surface area contributed by atoms with Crippen LogP contribution in [0.4, 0.5) is 0 Å². The highest BCUT2D eigenvalue weighted by atomic mass is 16.2. The molecule has 0 radical (unpaired) electrons. The lowest BCUT2D eigenvalue weighted by atomic mass is 9.85. The number of hydrogen-bond acceptors (Lipinski definition) is 3. The molecule has 1 saturated heterocycles. The van der Waals surface area contributed by atoms with Gasteiger partial charge in [0.15, 0.2) is 5.96 Å². The molecule has 1 aliphatic rings. The van der Waals surface area contributed by atoms with Crippen LogP contribution in [0.15, 0.2) is 35.3 Å². The second-order valence-corrected chi connectivity index (χ2v) is 7.45. The summed E-state index contributed by atoms with van der Waals surface area (Å²) in [5, 5.41) is 6.83. The highest BCUT2D eigenvalue weighted by molar-refractivity contribution is 5.79. The lowest BCUT2D eigenvalue weighted by Gasteiger charge is -2.34. The Morgan fingerprint density at radius 1 is 1.12 bits per heavy atom. The van der Waals surface area contributed by atoms with E-state index in [1.54, 1.807) is 14.0 Å². The van der Waals surface area contributed by atoms with Crippen molar-refractivity contribution < 1.29 is 4.79 Å². The second kappa shape index (κ2) is 9.57. The van der Waals surface area contributed by atoms with Crippen molar-refractivity contribution in [2.24, 2.45) is 4.99 Å². The average Bonchev–Trinajstić information content (AvgIpc) is 2.65. The standard InChI is InChI=1S/C20H33N5O/c1-17(26)25-14-12-24(13-15-25)11-10-22-19(21-4)23-16-20(2,3)18-8-6-5-7-9-18/h5-9H,10-16H2,1-4H3,(H2,21,22,23). The van der Waals surface area contributed by atoms with Crippen molar-refractivity contribution in [3.8, 4) is 0 Å². The molecule has 0 aliphatic carbocycles. The summed E-state index contributed by atoms with van der Waals surface area (Å²) in [4.78, 5) is 20.0. The molecule has 0 unspecified atom stereocenters. The monoisotopic (exact) mass is 359 g/mol. The Morgan fingerprint density at radius 2 is 1.77 bits per heavy atom. The van der Waals surface area contributed by atoms with Crippen molar-refractivity contribution in [3.05, 3.63) is 35.9 Å². The molecule has 0 aromatic heterocycles. The Hall–Kier alpha value is -2.08. The van der Waals surface area contributed by atoms with E-state index in [4.69, 9.17) is 0 Å². The highest BCUT2D eigenvalue weighted by Gasteiger charge is 2.21. The number of benzene rings is 1.